The molecule has 0 spiro atoms. The van der Waals surface area contributed by atoms with Gasteiger partial charge in [0.2, 0.25) is 5.89 Å². The summed E-state index contributed by atoms with van der Waals surface area (Å²) in [6.07, 6.45) is 6.14. The first-order valence-corrected chi connectivity index (χ1v) is 7.61. The molecule has 1 N–H and O–H groups in total. The summed E-state index contributed by atoms with van der Waals surface area (Å²) < 4.78 is 5.37. The van der Waals surface area contributed by atoms with E-state index < -0.39 is 0 Å². The lowest BCUT2D eigenvalue weighted by atomic mass is 10.0. The second-order valence-corrected chi connectivity index (χ2v) is 5.73. The lowest BCUT2D eigenvalue weighted by molar-refractivity contribution is 0.338. The number of aromatic nitrogens is 3. The second kappa shape index (κ2) is 7.88. The van der Waals surface area contributed by atoms with E-state index in [1.165, 1.54) is 0 Å². The van der Waals surface area contributed by atoms with E-state index in [1.807, 2.05) is 18.3 Å². The average Bonchev–Trinajstić information content (AvgIpc) is 2.86. The number of nitrogens with zero attached hydrogens (tertiary/aromatic N) is 3. The van der Waals surface area contributed by atoms with Gasteiger partial charge in [0.1, 0.15) is 0 Å². The van der Waals surface area contributed by atoms with Gasteiger partial charge in [0.25, 0.3) is 0 Å². The number of nitrogens with one attached hydrogen (secondary N) is 1. The van der Waals surface area contributed by atoms with Crippen LogP contribution in [-0.4, -0.2) is 27.7 Å². The molecular weight excluding hydrogens is 264 g/mol. The van der Waals surface area contributed by atoms with Crippen molar-refractivity contribution in [2.45, 2.75) is 46.1 Å². The molecule has 21 heavy (non-hydrogen) atoms. The van der Waals surface area contributed by atoms with Crippen molar-refractivity contribution in [3.05, 3.63) is 41.8 Å². The van der Waals surface area contributed by atoms with E-state index in [0.29, 0.717) is 24.3 Å². The number of rotatable bonds is 8. The summed E-state index contributed by atoms with van der Waals surface area (Å²) in [5.74, 6) is 2.07. The van der Waals surface area contributed by atoms with Gasteiger partial charge < -0.3 is 9.84 Å². The maximum absolute atomic E-state index is 5.37. The molecule has 2 rings (SSSR count). The molecule has 0 fully saturated rings. The zero-order chi connectivity index (χ0) is 15.1. The van der Waals surface area contributed by atoms with E-state index in [-0.39, 0.29) is 0 Å². The van der Waals surface area contributed by atoms with Crippen LogP contribution in [0.1, 0.15) is 44.5 Å². The van der Waals surface area contributed by atoms with E-state index in [1.54, 1.807) is 6.20 Å². The van der Waals surface area contributed by atoms with E-state index in [9.17, 15) is 0 Å². The quantitative estimate of drug-likeness (QED) is 0.809. The summed E-state index contributed by atoms with van der Waals surface area (Å²) in [5, 5.41) is 7.55. The first-order chi connectivity index (χ1) is 10.2. The van der Waals surface area contributed by atoms with E-state index >= 15 is 0 Å². The molecule has 0 amide bonds. The van der Waals surface area contributed by atoms with Crippen LogP contribution >= 0.6 is 0 Å². The summed E-state index contributed by atoms with van der Waals surface area (Å²) in [6, 6.07) is 4.32. The number of hydrogen-bond donors (Lipinski definition) is 1. The lowest BCUT2D eigenvalue weighted by Gasteiger charge is -2.17. The van der Waals surface area contributed by atoms with Crippen molar-refractivity contribution >= 4 is 0 Å². The topological polar surface area (TPSA) is 63.8 Å². The van der Waals surface area contributed by atoms with Crippen molar-refractivity contribution in [2.24, 2.45) is 5.92 Å². The SMILES string of the molecule is CCNC(Cc1nc(Cc2cccnc2)no1)CC(C)C. The maximum Gasteiger partial charge on any atom is 0.228 e. The summed E-state index contributed by atoms with van der Waals surface area (Å²) >= 11 is 0. The minimum atomic E-state index is 0.390. The Balaban J connectivity index is 1.95. The van der Waals surface area contributed by atoms with Gasteiger partial charge >= 0.3 is 0 Å². The summed E-state index contributed by atoms with van der Waals surface area (Å²) in [6.45, 7) is 7.53. The Bertz CT molecular complexity index is 524. The van der Waals surface area contributed by atoms with E-state index in [2.05, 4.69) is 41.2 Å². The maximum atomic E-state index is 5.37. The van der Waals surface area contributed by atoms with Crippen LogP contribution in [0.15, 0.2) is 29.0 Å². The molecule has 0 aromatic carbocycles. The van der Waals surface area contributed by atoms with Crippen molar-refractivity contribution in [3.8, 4) is 0 Å². The van der Waals surface area contributed by atoms with Gasteiger partial charge in [-0.15, -0.1) is 0 Å². The largest absolute Gasteiger partial charge is 0.339 e. The molecule has 5 heteroatoms. The minimum absolute atomic E-state index is 0.390. The van der Waals surface area contributed by atoms with Crippen LogP contribution in [-0.2, 0) is 12.8 Å². The van der Waals surface area contributed by atoms with Crippen LogP contribution in [0.5, 0.6) is 0 Å². The molecule has 0 radical (unpaired) electrons. The molecule has 2 aromatic heterocycles. The fourth-order valence-electron chi connectivity index (χ4n) is 2.44. The molecule has 114 valence electrons. The molecule has 0 saturated carbocycles. The van der Waals surface area contributed by atoms with Crippen LogP contribution in [0.3, 0.4) is 0 Å². The highest BCUT2D eigenvalue weighted by atomic mass is 16.5. The Morgan fingerprint density at radius 3 is 2.86 bits per heavy atom. The van der Waals surface area contributed by atoms with E-state index in [4.69, 9.17) is 4.52 Å². The molecule has 0 bridgehead atoms. The van der Waals surface area contributed by atoms with Gasteiger partial charge in [-0.3, -0.25) is 4.98 Å². The van der Waals surface area contributed by atoms with Gasteiger partial charge in [-0.05, 0) is 30.5 Å². The molecule has 0 saturated heterocycles. The Morgan fingerprint density at radius 1 is 1.33 bits per heavy atom. The van der Waals surface area contributed by atoms with Gasteiger partial charge in [0.15, 0.2) is 5.82 Å². The smallest absolute Gasteiger partial charge is 0.228 e. The third kappa shape index (κ3) is 5.27. The highest BCUT2D eigenvalue weighted by Gasteiger charge is 2.15. The second-order valence-electron chi connectivity index (χ2n) is 5.73. The monoisotopic (exact) mass is 288 g/mol. The lowest BCUT2D eigenvalue weighted by Crippen LogP contribution is -2.32. The highest BCUT2D eigenvalue weighted by molar-refractivity contribution is 5.13. The third-order valence-electron chi connectivity index (χ3n) is 3.26. The molecule has 5 nitrogen and oxygen atoms in total. The van der Waals surface area contributed by atoms with Crippen molar-refractivity contribution in [1.82, 2.24) is 20.4 Å². The Kier molecular flexibility index (Phi) is 5.87. The third-order valence-corrected chi connectivity index (χ3v) is 3.26. The van der Waals surface area contributed by atoms with Gasteiger partial charge in [-0.1, -0.05) is 32.0 Å². The predicted octanol–water partition coefficient (Wildman–Crippen LogP) is 2.62. The first kappa shape index (κ1) is 15.6. The minimum Gasteiger partial charge on any atom is -0.339 e. The first-order valence-electron chi connectivity index (χ1n) is 7.61. The predicted molar refractivity (Wildman–Crippen MR) is 82.0 cm³/mol. The summed E-state index contributed by atoms with van der Waals surface area (Å²) in [4.78, 5) is 8.59. The molecule has 2 heterocycles. The van der Waals surface area contributed by atoms with E-state index in [0.717, 1.165) is 30.8 Å². The van der Waals surface area contributed by atoms with Crippen LogP contribution in [0, 0.1) is 5.92 Å². The average molecular weight is 288 g/mol. The standard InChI is InChI=1S/C16H24N4O/c1-4-18-14(8-12(2)3)10-16-19-15(20-21-16)9-13-6-5-7-17-11-13/h5-7,11-12,14,18H,4,8-10H2,1-3H3. The molecule has 2 aromatic rings. The molecule has 0 aliphatic heterocycles. The fourth-order valence-corrected chi connectivity index (χ4v) is 2.44. The van der Waals surface area contributed by atoms with Gasteiger partial charge in [0, 0.05) is 31.3 Å². The normalized spacial score (nSPS) is 12.8. The molecule has 1 unspecified atom stereocenters. The van der Waals surface area contributed by atoms with Gasteiger partial charge in [-0.2, -0.15) is 4.98 Å². The van der Waals surface area contributed by atoms with Crippen molar-refractivity contribution in [1.29, 1.82) is 0 Å². The van der Waals surface area contributed by atoms with Gasteiger partial charge in [-0.25, -0.2) is 0 Å². The van der Waals surface area contributed by atoms with Crippen molar-refractivity contribution < 1.29 is 4.52 Å². The van der Waals surface area contributed by atoms with Gasteiger partial charge in [0.05, 0.1) is 0 Å². The van der Waals surface area contributed by atoms with Crippen LogP contribution in [0.4, 0.5) is 0 Å². The van der Waals surface area contributed by atoms with Crippen molar-refractivity contribution in [3.63, 3.8) is 0 Å². The molecule has 0 aliphatic rings. The Morgan fingerprint density at radius 2 is 2.19 bits per heavy atom. The molecular formula is C16H24N4O. The highest BCUT2D eigenvalue weighted by Crippen LogP contribution is 2.11. The Hall–Kier alpha value is -1.75. The molecule has 1 atom stereocenters. The fraction of sp³-hybridized carbons (Fsp3) is 0.562. The zero-order valence-electron chi connectivity index (χ0n) is 13.0. The van der Waals surface area contributed by atoms with Crippen LogP contribution in [0.2, 0.25) is 0 Å². The summed E-state index contributed by atoms with van der Waals surface area (Å²) in [7, 11) is 0. The van der Waals surface area contributed by atoms with Crippen molar-refractivity contribution in [2.75, 3.05) is 6.54 Å². The van der Waals surface area contributed by atoms with Crippen LogP contribution in [0.25, 0.3) is 0 Å². The Labute approximate surface area is 126 Å². The number of hydrogen-bond acceptors (Lipinski definition) is 5. The zero-order valence-corrected chi connectivity index (χ0v) is 13.0. The summed E-state index contributed by atoms with van der Waals surface area (Å²) in [5.41, 5.74) is 1.09. The van der Waals surface area contributed by atoms with Crippen LogP contribution < -0.4 is 5.32 Å². The molecule has 0 aliphatic carbocycles. The number of pyridine rings is 1. The number of likely N-dealkylation sites (N-methyl/N-ethyl adjacent to an activating group) is 1.